The van der Waals surface area contributed by atoms with Gasteiger partial charge in [-0.25, -0.2) is 22.5 Å². The van der Waals surface area contributed by atoms with Gasteiger partial charge in [-0.15, -0.1) is 11.3 Å². The Balaban J connectivity index is 1.65. The first-order valence-corrected chi connectivity index (χ1v) is 10.6. The summed E-state index contributed by atoms with van der Waals surface area (Å²) in [4.78, 5) is 5.56. The molecule has 0 radical (unpaired) electrons. The smallest absolute Gasteiger partial charge is 0.348 e. The minimum absolute atomic E-state index is 0.0960. The van der Waals surface area contributed by atoms with Crippen LogP contribution in [0.5, 0.6) is 0 Å². The maximum atomic E-state index is 13.8. The van der Waals surface area contributed by atoms with E-state index in [-0.39, 0.29) is 13.0 Å². The second-order valence-corrected chi connectivity index (χ2v) is 8.68. The van der Waals surface area contributed by atoms with Gasteiger partial charge in [-0.1, -0.05) is 0 Å². The van der Waals surface area contributed by atoms with Gasteiger partial charge in [0, 0.05) is 31.4 Å². The summed E-state index contributed by atoms with van der Waals surface area (Å²) in [5.74, 6) is -1.24. The van der Waals surface area contributed by atoms with Gasteiger partial charge in [-0.05, 0) is 31.0 Å². The summed E-state index contributed by atoms with van der Waals surface area (Å²) in [7, 11) is -4.41. The minimum Gasteiger partial charge on any atom is -0.348 e. The van der Waals surface area contributed by atoms with Gasteiger partial charge in [0.1, 0.15) is 10.7 Å². The van der Waals surface area contributed by atoms with Crippen LogP contribution in [0.15, 0.2) is 28.5 Å². The minimum atomic E-state index is -4.76. The Hall–Kier alpha value is -1.72. The third-order valence-electron chi connectivity index (χ3n) is 4.14. The first-order valence-electron chi connectivity index (χ1n) is 8.22. The molecule has 1 N–H and O–H groups in total. The van der Waals surface area contributed by atoms with Crippen LogP contribution < -0.4 is 9.62 Å². The molecule has 0 amide bonds. The van der Waals surface area contributed by atoms with E-state index >= 15 is 0 Å². The van der Waals surface area contributed by atoms with Gasteiger partial charge >= 0.3 is 6.18 Å². The summed E-state index contributed by atoms with van der Waals surface area (Å²) in [6.07, 6.45) is -2.29. The fourth-order valence-electron chi connectivity index (χ4n) is 2.74. The molecule has 148 valence electrons. The van der Waals surface area contributed by atoms with Gasteiger partial charge in [-0.2, -0.15) is 13.2 Å². The number of thiazole rings is 1. The van der Waals surface area contributed by atoms with Crippen molar-refractivity contribution in [2.24, 2.45) is 0 Å². The number of rotatable bonds is 6. The highest BCUT2D eigenvalue weighted by Crippen LogP contribution is 2.31. The summed E-state index contributed by atoms with van der Waals surface area (Å²) < 4.78 is 78.5. The molecule has 3 rings (SSSR count). The topological polar surface area (TPSA) is 62.3 Å². The summed E-state index contributed by atoms with van der Waals surface area (Å²) in [6, 6.07) is 1.30. The van der Waals surface area contributed by atoms with Crippen molar-refractivity contribution in [1.29, 1.82) is 0 Å². The van der Waals surface area contributed by atoms with Gasteiger partial charge in [0.2, 0.25) is 10.0 Å². The number of alkyl halides is 3. The maximum absolute atomic E-state index is 13.8. The van der Waals surface area contributed by atoms with E-state index in [1.807, 2.05) is 5.38 Å². The van der Waals surface area contributed by atoms with Crippen LogP contribution in [0.1, 0.15) is 24.1 Å². The molecule has 0 unspecified atom stereocenters. The van der Waals surface area contributed by atoms with Crippen molar-refractivity contribution in [1.82, 2.24) is 9.71 Å². The largest absolute Gasteiger partial charge is 0.416 e. The normalized spacial score (nSPS) is 15.5. The number of hydrogen-bond donors (Lipinski definition) is 1. The Kier molecular flexibility index (Phi) is 5.73. The molecule has 0 bridgehead atoms. The van der Waals surface area contributed by atoms with E-state index in [1.165, 1.54) is 11.3 Å². The summed E-state index contributed by atoms with van der Waals surface area (Å²) in [6.45, 7) is 1.78. The van der Waals surface area contributed by atoms with E-state index in [0.717, 1.165) is 31.1 Å². The van der Waals surface area contributed by atoms with Gasteiger partial charge in [0.15, 0.2) is 5.13 Å². The summed E-state index contributed by atoms with van der Waals surface area (Å²) in [5, 5.41) is 2.68. The number of benzene rings is 1. The van der Waals surface area contributed by atoms with Crippen molar-refractivity contribution in [3.8, 4) is 0 Å². The molecule has 0 saturated carbocycles. The lowest BCUT2D eigenvalue weighted by atomic mass is 10.2. The number of sulfonamides is 1. The van der Waals surface area contributed by atoms with Crippen molar-refractivity contribution in [3.63, 3.8) is 0 Å². The fraction of sp³-hybridized carbons (Fsp3) is 0.438. The highest BCUT2D eigenvalue weighted by atomic mass is 32.2. The van der Waals surface area contributed by atoms with Crippen molar-refractivity contribution in [2.75, 3.05) is 24.5 Å². The third-order valence-corrected chi connectivity index (χ3v) is 6.56. The molecule has 27 heavy (non-hydrogen) atoms. The van der Waals surface area contributed by atoms with E-state index in [4.69, 9.17) is 0 Å². The lowest BCUT2D eigenvalue weighted by molar-refractivity contribution is -0.137. The zero-order valence-corrected chi connectivity index (χ0v) is 15.7. The van der Waals surface area contributed by atoms with Crippen LogP contribution in [0.3, 0.4) is 0 Å². The molecule has 1 saturated heterocycles. The molecule has 1 aliphatic rings. The van der Waals surface area contributed by atoms with Crippen LogP contribution in [0.4, 0.5) is 22.7 Å². The molecule has 5 nitrogen and oxygen atoms in total. The maximum Gasteiger partial charge on any atom is 0.416 e. The van der Waals surface area contributed by atoms with E-state index in [1.54, 1.807) is 0 Å². The summed E-state index contributed by atoms with van der Waals surface area (Å²) >= 11 is 1.46. The summed E-state index contributed by atoms with van der Waals surface area (Å²) in [5.41, 5.74) is -0.548. The number of hydrogen-bond acceptors (Lipinski definition) is 5. The predicted octanol–water partition coefficient (Wildman–Crippen LogP) is 3.42. The van der Waals surface area contributed by atoms with Crippen molar-refractivity contribution >= 4 is 26.5 Å². The van der Waals surface area contributed by atoms with Crippen LogP contribution in [-0.2, 0) is 22.6 Å². The van der Waals surface area contributed by atoms with Crippen LogP contribution >= 0.6 is 11.3 Å². The first-order chi connectivity index (χ1) is 12.7. The number of nitrogens with zero attached hydrogens (tertiary/aromatic N) is 2. The Labute approximate surface area is 158 Å². The third kappa shape index (κ3) is 4.77. The quantitative estimate of drug-likeness (QED) is 0.724. The molecule has 2 heterocycles. The highest BCUT2D eigenvalue weighted by Gasteiger charge is 2.33. The SMILES string of the molecule is O=S(=O)(NCCc1csc(N2CCCC2)n1)c1cc(C(F)(F)F)ccc1F. The fourth-order valence-corrected chi connectivity index (χ4v) is 4.79. The molecule has 1 aromatic carbocycles. The van der Waals surface area contributed by atoms with E-state index < -0.39 is 32.5 Å². The molecule has 1 fully saturated rings. The molecule has 2 aromatic rings. The molecular weight excluding hydrogens is 406 g/mol. The molecule has 0 spiro atoms. The molecule has 0 aliphatic carbocycles. The van der Waals surface area contributed by atoms with E-state index in [0.29, 0.717) is 23.9 Å². The van der Waals surface area contributed by atoms with Crippen LogP contribution in [0.25, 0.3) is 0 Å². The average Bonchev–Trinajstić information content (AvgIpc) is 3.25. The lowest BCUT2D eigenvalue weighted by Crippen LogP contribution is -2.27. The number of nitrogens with one attached hydrogen (secondary N) is 1. The number of halogens is 4. The number of anilines is 1. The zero-order valence-electron chi connectivity index (χ0n) is 14.1. The second-order valence-electron chi connectivity index (χ2n) is 6.11. The highest BCUT2D eigenvalue weighted by molar-refractivity contribution is 7.89. The molecule has 1 aliphatic heterocycles. The molecule has 1 aromatic heterocycles. The van der Waals surface area contributed by atoms with Gasteiger partial charge < -0.3 is 4.90 Å². The van der Waals surface area contributed by atoms with E-state index in [2.05, 4.69) is 14.6 Å². The zero-order chi connectivity index (χ0) is 19.7. The van der Waals surface area contributed by atoms with Crippen molar-refractivity contribution < 1.29 is 26.0 Å². The second kappa shape index (κ2) is 7.72. The van der Waals surface area contributed by atoms with Gasteiger partial charge in [0.05, 0.1) is 11.3 Å². The lowest BCUT2D eigenvalue weighted by Gasteiger charge is -2.12. The Morgan fingerprint density at radius 2 is 1.93 bits per heavy atom. The van der Waals surface area contributed by atoms with Crippen molar-refractivity contribution in [3.05, 3.63) is 40.7 Å². The predicted molar refractivity (Wildman–Crippen MR) is 93.9 cm³/mol. The van der Waals surface area contributed by atoms with Crippen LogP contribution in [-0.4, -0.2) is 33.0 Å². The molecular formula is C16H17F4N3O2S2. The van der Waals surface area contributed by atoms with E-state index in [9.17, 15) is 26.0 Å². The Morgan fingerprint density at radius 1 is 1.22 bits per heavy atom. The average molecular weight is 423 g/mol. The van der Waals surface area contributed by atoms with Crippen LogP contribution in [0, 0.1) is 5.82 Å². The monoisotopic (exact) mass is 423 g/mol. The number of aromatic nitrogens is 1. The van der Waals surface area contributed by atoms with Gasteiger partial charge in [-0.3, -0.25) is 0 Å². The first kappa shape index (κ1) is 20.0. The van der Waals surface area contributed by atoms with Gasteiger partial charge in [0.25, 0.3) is 0 Å². The Bertz CT molecular complexity index is 907. The Morgan fingerprint density at radius 3 is 2.59 bits per heavy atom. The molecule has 11 heteroatoms. The standard InChI is InChI=1S/C16H17F4N3O2S2/c17-13-4-3-11(16(18,19)20)9-14(13)27(24,25)21-6-5-12-10-26-15(22-12)23-7-1-2-8-23/h3-4,9-10,21H,1-2,5-8H2. The van der Waals surface area contributed by atoms with Crippen LogP contribution in [0.2, 0.25) is 0 Å². The van der Waals surface area contributed by atoms with Crippen molar-refractivity contribution in [2.45, 2.75) is 30.3 Å². The molecule has 0 atom stereocenters.